The fourth-order valence-electron chi connectivity index (χ4n) is 2.69. The van der Waals surface area contributed by atoms with Crippen LogP contribution in [0.15, 0.2) is 96.9 Å². The summed E-state index contributed by atoms with van der Waals surface area (Å²) in [4.78, 5) is 0. The molecular weight excluding hydrogens is 410 g/mol. The molecule has 0 saturated heterocycles. The van der Waals surface area contributed by atoms with E-state index in [9.17, 15) is 0 Å². The van der Waals surface area contributed by atoms with Crippen molar-refractivity contribution in [3.05, 3.63) is 96.9 Å². The third-order valence-electron chi connectivity index (χ3n) is 3.68. The van der Waals surface area contributed by atoms with Gasteiger partial charge in [0.25, 0.3) is 0 Å². The summed E-state index contributed by atoms with van der Waals surface area (Å²) in [6.45, 7) is 0. The van der Waals surface area contributed by atoms with Crippen molar-refractivity contribution in [2.24, 2.45) is 11.8 Å². The summed E-state index contributed by atoms with van der Waals surface area (Å²) in [7, 11) is 0. The third kappa shape index (κ3) is 3.05. The van der Waals surface area contributed by atoms with E-state index in [1.54, 1.807) is 0 Å². The molecule has 0 fully saturated rings. The maximum absolute atomic E-state index is 8.44. The van der Waals surface area contributed by atoms with Crippen LogP contribution in [0.5, 0.6) is 0 Å². The average molecular weight is 438 g/mol. The van der Waals surface area contributed by atoms with E-state index in [-0.39, 0.29) is 44.9 Å². The molecule has 2 unspecified atom stereocenters. The molecule has 0 saturated carbocycles. The molecule has 23 heavy (non-hydrogen) atoms. The van der Waals surface area contributed by atoms with Crippen molar-refractivity contribution in [1.82, 2.24) is 0 Å². The van der Waals surface area contributed by atoms with Gasteiger partial charge in [-0.2, -0.15) is 0 Å². The number of allylic oxidation sites excluding steroid dienone is 6. The summed E-state index contributed by atoms with van der Waals surface area (Å²) >= 11 is -1.33. The van der Waals surface area contributed by atoms with Gasteiger partial charge >= 0.3 is 164 Å². The second-order valence-electron chi connectivity index (χ2n) is 5.04. The fraction of sp³-hybridized carbons (Fsp3) is 0.143. The minimum absolute atomic E-state index is 0.159. The van der Waals surface area contributed by atoms with E-state index in [2.05, 4.69) is 0 Å². The first-order valence-electron chi connectivity index (χ1n) is 12.1. The summed E-state index contributed by atoms with van der Waals surface area (Å²) in [5, 5.41) is 0. The molecule has 0 amide bonds. The Kier molecular flexibility index (Phi) is 2.24. The van der Waals surface area contributed by atoms with E-state index in [0.29, 0.717) is 0 Å². The average Bonchev–Trinajstić information content (AvgIpc) is 3.01. The topological polar surface area (TPSA) is 0 Å². The number of benzene rings is 2. The molecular formula is C21H18Se2. The molecule has 0 aliphatic heterocycles. The molecule has 2 atom stereocenters. The Bertz CT molecular complexity index is 1100. The number of rotatable bonds is 4. The van der Waals surface area contributed by atoms with Crippen molar-refractivity contribution < 1.29 is 13.7 Å². The van der Waals surface area contributed by atoms with E-state index >= 15 is 0 Å². The van der Waals surface area contributed by atoms with Crippen molar-refractivity contribution in [2.45, 2.75) is 3.21 Å². The number of hydrogen-bond donors (Lipinski definition) is 0. The second kappa shape index (κ2) is 6.67. The van der Waals surface area contributed by atoms with E-state index < -0.39 is 69.4 Å². The first-order chi connectivity index (χ1) is 15.5. The molecule has 2 aromatic rings. The monoisotopic (exact) mass is 440 g/mol. The molecule has 2 bridgehead atoms. The molecule has 114 valence electrons. The number of fused-ring (bicyclic) bond motifs is 2. The summed E-state index contributed by atoms with van der Waals surface area (Å²) < 4.78 is 81.7. The Balaban J connectivity index is 1.94. The van der Waals surface area contributed by atoms with Crippen molar-refractivity contribution in [3.8, 4) is 0 Å². The SMILES string of the molecule is [2H]c1c([2H])c([2H])c([Se]C2([Se]c3c([2H])c([2H])c([2H])c([2H])c3[2H])C3C=CC=CC2C=C3)c([2H])c1[2H]. The van der Waals surface area contributed by atoms with Crippen LogP contribution in [-0.2, 0) is 0 Å². The molecule has 2 aromatic carbocycles. The van der Waals surface area contributed by atoms with Crippen LogP contribution in [0.2, 0.25) is 3.21 Å². The quantitative estimate of drug-likeness (QED) is 0.509. The molecule has 2 aliphatic carbocycles. The van der Waals surface area contributed by atoms with Gasteiger partial charge in [-0.1, -0.05) is 0 Å². The summed E-state index contributed by atoms with van der Waals surface area (Å²) in [6.07, 6.45) is 11.8. The summed E-state index contributed by atoms with van der Waals surface area (Å²) in [5.41, 5.74) is 0. The minimum atomic E-state index is -0.675. The van der Waals surface area contributed by atoms with Gasteiger partial charge in [0.2, 0.25) is 0 Å². The van der Waals surface area contributed by atoms with Crippen LogP contribution >= 0.6 is 0 Å². The van der Waals surface area contributed by atoms with Crippen molar-refractivity contribution in [2.75, 3.05) is 0 Å². The zero-order valence-electron chi connectivity index (χ0n) is 21.9. The van der Waals surface area contributed by atoms with Crippen LogP contribution in [0, 0.1) is 11.8 Å². The molecule has 4 rings (SSSR count). The van der Waals surface area contributed by atoms with E-state index in [0.717, 1.165) is 0 Å². The maximum atomic E-state index is 8.44. The predicted octanol–water partition coefficient (Wildman–Crippen LogP) is 3.09. The normalized spacial score (nSPS) is 29.9. The van der Waals surface area contributed by atoms with Gasteiger partial charge < -0.3 is 0 Å². The molecule has 0 heterocycles. The molecule has 0 spiro atoms. The van der Waals surface area contributed by atoms with Gasteiger partial charge in [-0.05, 0) is 0 Å². The Morgan fingerprint density at radius 2 is 1.09 bits per heavy atom. The Morgan fingerprint density at radius 3 is 1.52 bits per heavy atom. The van der Waals surface area contributed by atoms with Crippen molar-refractivity contribution in [3.63, 3.8) is 0 Å². The van der Waals surface area contributed by atoms with Gasteiger partial charge in [0, 0.05) is 0 Å². The van der Waals surface area contributed by atoms with Gasteiger partial charge in [-0.25, -0.2) is 0 Å². The van der Waals surface area contributed by atoms with Gasteiger partial charge in [-0.3, -0.25) is 0 Å². The van der Waals surface area contributed by atoms with Crippen LogP contribution in [0.4, 0.5) is 0 Å². The Hall–Kier alpha value is -1.30. The van der Waals surface area contributed by atoms with Crippen molar-refractivity contribution >= 4 is 38.8 Å². The van der Waals surface area contributed by atoms with E-state index in [4.69, 9.17) is 13.7 Å². The molecule has 0 nitrogen and oxygen atoms in total. The standard InChI is InChI=1S/C21H18Se2/c1-3-11-19(12-4-1)22-21(23-20-13-5-2-6-14-20)17-9-7-8-10-18(21)16-15-17/h1-18H/i1D,2D,3D,4D,5D,6D,11D,12D,13D,14D. The van der Waals surface area contributed by atoms with Crippen LogP contribution in [0.3, 0.4) is 0 Å². The third-order valence-corrected chi connectivity index (χ3v) is 10.8. The Labute approximate surface area is 164 Å². The first-order valence-corrected chi connectivity index (χ1v) is 10.5. The van der Waals surface area contributed by atoms with E-state index in [1.807, 2.05) is 36.5 Å². The van der Waals surface area contributed by atoms with E-state index in [1.165, 1.54) is 0 Å². The molecule has 0 aromatic heterocycles. The molecule has 2 heteroatoms. The van der Waals surface area contributed by atoms with Crippen LogP contribution in [-0.4, -0.2) is 29.9 Å². The van der Waals surface area contributed by atoms with Gasteiger partial charge in [0.1, 0.15) is 0 Å². The summed E-state index contributed by atoms with van der Waals surface area (Å²) in [6, 6.07) is -3.42. The zero-order valence-corrected chi connectivity index (χ0v) is 15.4. The fourth-order valence-corrected chi connectivity index (χ4v) is 9.70. The number of hydrogen-bond acceptors (Lipinski definition) is 0. The molecule has 0 radical (unpaired) electrons. The van der Waals surface area contributed by atoms with Gasteiger partial charge in [0.05, 0.1) is 0 Å². The van der Waals surface area contributed by atoms with Gasteiger partial charge in [0.15, 0.2) is 0 Å². The predicted molar refractivity (Wildman–Crippen MR) is 101 cm³/mol. The molecule has 0 N–H and O–H groups in total. The van der Waals surface area contributed by atoms with Crippen molar-refractivity contribution in [1.29, 1.82) is 0 Å². The first kappa shape index (κ1) is 7.72. The summed E-state index contributed by atoms with van der Waals surface area (Å²) in [5.74, 6) is -0.318. The molecule has 2 aliphatic rings. The van der Waals surface area contributed by atoms with Gasteiger partial charge in [-0.15, -0.1) is 0 Å². The Morgan fingerprint density at radius 1 is 0.652 bits per heavy atom. The zero-order chi connectivity index (χ0) is 24.2. The van der Waals surface area contributed by atoms with Crippen LogP contribution < -0.4 is 8.92 Å². The van der Waals surface area contributed by atoms with Crippen LogP contribution in [0.25, 0.3) is 0 Å². The van der Waals surface area contributed by atoms with Crippen LogP contribution in [0.1, 0.15) is 13.7 Å². The second-order valence-corrected chi connectivity index (χ2v) is 11.8.